The van der Waals surface area contributed by atoms with Gasteiger partial charge in [0.05, 0.1) is 19.0 Å². The minimum atomic E-state index is -2.66. The van der Waals surface area contributed by atoms with Crippen molar-refractivity contribution in [1.29, 1.82) is 0 Å². The van der Waals surface area contributed by atoms with Gasteiger partial charge in [-0.3, -0.25) is 9.69 Å². The number of ether oxygens (including phenoxy) is 1. The summed E-state index contributed by atoms with van der Waals surface area (Å²) >= 11 is 6.12. The maximum absolute atomic E-state index is 12.5. The normalized spacial score (nSPS) is 15.4. The highest BCUT2D eigenvalue weighted by Crippen LogP contribution is 2.23. The molecule has 1 aliphatic rings. The summed E-state index contributed by atoms with van der Waals surface area (Å²) in [4.78, 5) is 20.4. The van der Waals surface area contributed by atoms with Crippen molar-refractivity contribution in [3.63, 3.8) is 0 Å². The van der Waals surface area contributed by atoms with Crippen LogP contribution in [0, 0.1) is 0 Å². The second kappa shape index (κ2) is 8.62. The van der Waals surface area contributed by atoms with Crippen molar-refractivity contribution >= 4 is 17.3 Å². The number of hydrogen-bond donors (Lipinski definition) is 0. The Morgan fingerprint density at radius 1 is 1.30 bits per heavy atom. The summed E-state index contributed by atoms with van der Waals surface area (Å²) in [5.74, 6) is 0.577. The lowest BCUT2D eigenvalue weighted by atomic mass is 10.2. The molecule has 1 aliphatic heterocycles. The zero-order chi connectivity index (χ0) is 19.4. The van der Waals surface area contributed by atoms with E-state index in [9.17, 15) is 13.6 Å². The fourth-order valence-corrected chi connectivity index (χ4v) is 3.27. The fourth-order valence-electron chi connectivity index (χ4n) is 3.00. The second-order valence-corrected chi connectivity index (χ2v) is 6.57. The van der Waals surface area contributed by atoms with Crippen LogP contribution in [0.1, 0.15) is 5.56 Å². The van der Waals surface area contributed by atoms with Crippen LogP contribution in [-0.2, 0) is 13.1 Å². The Kier molecular flexibility index (Phi) is 6.22. The monoisotopic (exact) mass is 399 g/mol. The van der Waals surface area contributed by atoms with E-state index in [0.29, 0.717) is 29.3 Å². The SMILES string of the molecule is COc1cc(CN2CCN(c3cnn(CC(F)F)c(=O)c3Cl)CC2)ccn1. The number of aromatic nitrogens is 3. The zero-order valence-electron chi connectivity index (χ0n) is 14.8. The van der Waals surface area contributed by atoms with Gasteiger partial charge in [0.1, 0.15) is 11.6 Å². The molecule has 1 saturated heterocycles. The van der Waals surface area contributed by atoms with Gasteiger partial charge in [0.2, 0.25) is 5.88 Å². The van der Waals surface area contributed by atoms with Gasteiger partial charge >= 0.3 is 0 Å². The largest absolute Gasteiger partial charge is 0.481 e. The quantitative estimate of drug-likeness (QED) is 0.739. The van der Waals surface area contributed by atoms with Gasteiger partial charge in [0, 0.05) is 45.0 Å². The first-order chi connectivity index (χ1) is 13.0. The Morgan fingerprint density at radius 3 is 2.70 bits per heavy atom. The number of methoxy groups -OCH3 is 1. The van der Waals surface area contributed by atoms with Crippen LogP contribution in [0.2, 0.25) is 5.02 Å². The first-order valence-electron chi connectivity index (χ1n) is 8.48. The van der Waals surface area contributed by atoms with Crippen LogP contribution in [0.25, 0.3) is 0 Å². The van der Waals surface area contributed by atoms with E-state index in [4.69, 9.17) is 16.3 Å². The van der Waals surface area contributed by atoms with Crippen LogP contribution in [0.4, 0.5) is 14.5 Å². The molecule has 0 N–H and O–H groups in total. The highest BCUT2D eigenvalue weighted by molar-refractivity contribution is 6.33. The van der Waals surface area contributed by atoms with Gasteiger partial charge in [0.15, 0.2) is 0 Å². The third-order valence-electron chi connectivity index (χ3n) is 4.40. The van der Waals surface area contributed by atoms with Gasteiger partial charge in [0.25, 0.3) is 12.0 Å². The van der Waals surface area contributed by atoms with Crippen LogP contribution in [0.15, 0.2) is 29.3 Å². The molecule has 146 valence electrons. The van der Waals surface area contributed by atoms with Gasteiger partial charge in [-0.2, -0.15) is 5.10 Å². The fraction of sp³-hybridized carbons (Fsp3) is 0.471. The third kappa shape index (κ3) is 4.72. The molecule has 0 unspecified atom stereocenters. The number of rotatable bonds is 6. The maximum Gasteiger partial charge on any atom is 0.287 e. The van der Waals surface area contributed by atoms with E-state index in [0.717, 1.165) is 25.2 Å². The van der Waals surface area contributed by atoms with E-state index in [1.807, 2.05) is 17.0 Å². The van der Waals surface area contributed by atoms with Gasteiger partial charge in [-0.1, -0.05) is 11.6 Å². The lowest BCUT2D eigenvalue weighted by molar-refractivity contribution is 0.119. The highest BCUT2D eigenvalue weighted by atomic mass is 35.5. The number of halogens is 3. The van der Waals surface area contributed by atoms with Crippen molar-refractivity contribution < 1.29 is 13.5 Å². The summed E-state index contributed by atoms with van der Waals surface area (Å²) in [6.45, 7) is 2.84. The van der Waals surface area contributed by atoms with Gasteiger partial charge in [-0.15, -0.1) is 0 Å². The van der Waals surface area contributed by atoms with Crippen LogP contribution < -0.4 is 15.2 Å². The number of anilines is 1. The molecule has 3 heterocycles. The first-order valence-corrected chi connectivity index (χ1v) is 8.85. The Morgan fingerprint density at radius 2 is 2.04 bits per heavy atom. The van der Waals surface area contributed by atoms with E-state index < -0.39 is 18.5 Å². The number of alkyl halides is 2. The van der Waals surface area contributed by atoms with Gasteiger partial charge < -0.3 is 9.64 Å². The molecule has 0 amide bonds. The number of nitrogens with zero attached hydrogens (tertiary/aromatic N) is 5. The van der Waals surface area contributed by atoms with E-state index in [1.165, 1.54) is 6.20 Å². The minimum Gasteiger partial charge on any atom is -0.481 e. The molecule has 1 fully saturated rings. The first kappa shape index (κ1) is 19.5. The number of piperazine rings is 1. The molecule has 0 aliphatic carbocycles. The third-order valence-corrected chi connectivity index (χ3v) is 4.76. The topological polar surface area (TPSA) is 63.5 Å². The van der Waals surface area contributed by atoms with Crippen molar-refractivity contribution in [3.05, 3.63) is 45.5 Å². The summed E-state index contributed by atoms with van der Waals surface area (Å²) < 4.78 is 30.8. The van der Waals surface area contributed by atoms with E-state index in [2.05, 4.69) is 15.0 Å². The van der Waals surface area contributed by atoms with E-state index in [-0.39, 0.29) is 5.02 Å². The molecule has 10 heteroatoms. The average Bonchev–Trinajstić information content (AvgIpc) is 2.66. The maximum atomic E-state index is 12.5. The lowest BCUT2D eigenvalue weighted by Gasteiger charge is -2.36. The van der Waals surface area contributed by atoms with E-state index >= 15 is 0 Å². The Labute approximate surface area is 160 Å². The molecule has 2 aromatic heterocycles. The van der Waals surface area contributed by atoms with Gasteiger partial charge in [-0.05, 0) is 11.6 Å². The lowest BCUT2D eigenvalue weighted by Crippen LogP contribution is -2.46. The molecular formula is C17H20ClF2N5O2. The Hall–Kier alpha value is -2.26. The highest BCUT2D eigenvalue weighted by Gasteiger charge is 2.22. The smallest absolute Gasteiger partial charge is 0.287 e. The minimum absolute atomic E-state index is 0.0713. The number of hydrogen-bond acceptors (Lipinski definition) is 6. The Balaban J connectivity index is 1.63. The summed E-state index contributed by atoms with van der Waals surface area (Å²) in [7, 11) is 1.58. The summed E-state index contributed by atoms with van der Waals surface area (Å²) in [6, 6.07) is 3.84. The van der Waals surface area contributed by atoms with Crippen molar-refractivity contribution in [1.82, 2.24) is 19.7 Å². The predicted octanol–water partition coefficient (Wildman–Crippen LogP) is 1.89. The van der Waals surface area contributed by atoms with Crippen LogP contribution >= 0.6 is 11.6 Å². The predicted molar refractivity (Wildman–Crippen MR) is 97.8 cm³/mol. The molecule has 0 aromatic carbocycles. The molecule has 7 nitrogen and oxygen atoms in total. The molecule has 0 atom stereocenters. The van der Waals surface area contributed by atoms with Crippen molar-refractivity contribution in [2.45, 2.75) is 19.5 Å². The molecule has 2 aromatic rings. The average molecular weight is 400 g/mol. The van der Waals surface area contributed by atoms with Crippen LogP contribution in [0.3, 0.4) is 0 Å². The zero-order valence-corrected chi connectivity index (χ0v) is 15.6. The molecular weight excluding hydrogens is 380 g/mol. The van der Waals surface area contributed by atoms with Crippen LogP contribution in [-0.4, -0.2) is 59.4 Å². The summed E-state index contributed by atoms with van der Waals surface area (Å²) in [5.41, 5.74) is 0.891. The molecule has 3 rings (SSSR count). The molecule has 27 heavy (non-hydrogen) atoms. The second-order valence-electron chi connectivity index (χ2n) is 6.19. The molecule has 0 radical (unpaired) electrons. The Bertz CT molecular complexity index is 840. The molecule has 0 saturated carbocycles. The molecule has 0 bridgehead atoms. The van der Waals surface area contributed by atoms with Crippen molar-refractivity contribution in [3.8, 4) is 5.88 Å². The van der Waals surface area contributed by atoms with Gasteiger partial charge in [-0.25, -0.2) is 18.4 Å². The summed E-state index contributed by atoms with van der Waals surface area (Å²) in [6.07, 6.45) is 0.437. The molecule has 0 spiro atoms. The summed E-state index contributed by atoms with van der Waals surface area (Å²) in [5, 5.41) is 3.75. The van der Waals surface area contributed by atoms with Crippen molar-refractivity contribution in [2.24, 2.45) is 0 Å². The van der Waals surface area contributed by atoms with Crippen LogP contribution in [0.5, 0.6) is 5.88 Å². The van der Waals surface area contributed by atoms with Crippen molar-refractivity contribution in [2.75, 3.05) is 38.2 Å². The number of pyridine rings is 1. The standard InChI is InChI=1S/C17H20ClF2N5O2/c1-27-15-8-12(2-3-21-15)10-23-4-6-24(7-5-23)13-9-22-25(11-14(19)20)17(26)16(13)18/h2-3,8-9,14H,4-7,10-11H2,1H3. The van der Waals surface area contributed by atoms with E-state index in [1.54, 1.807) is 13.3 Å².